The minimum atomic E-state index is -0.739. The van der Waals surface area contributed by atoms with E-state index in [0.29, 0.717) is 18.1 Å². The van der Waals surface area contributed by atoms with E-state index < -0.39 is 5.60 Å². The van der Waals surface area contributed by atoms with E-state index in [9.17, 15) is 10.2 Å². The third kappa shape index (κ3) is 4.34. The second-order valence-electron chi connectivity index (χ2n) is 5.57. The Balaban J connectivity index is 2.14. The second-order valence-corrected chi connectivity index (χ2v) is 6.42. The number of halogens is 1. The first kappa shape index (κ1) is 16.6. The van der Waals surface area contributed by atoms with Gasteiger partial charge in [-0.15, -0.1) is 0 Å². The standard InChI is InChI=1S/C16H23BrO4/c1-2-20-14-9-12(10-18)8-13(17)15(14)21-11-16(19)6-4-3-5-7-16/h8-9,18-19H,2-7,10-11H2,1H3. The van der Waals surface area contributed by atoms with Crippen molar-refractivity contribution in [2.75, 3.05) is 13.2 Å². The van der Waals surface area contributed by atoms with Gasteiger partial charge >= 0.3 is 0 Å². The molecule has 0 radical (unpaired) electrons. The van der Waals surface area contributed by atoms with Gasteiger partial charge in [-0.25, -0.2) is 0 Å². The first-order valence-electron chi connectivity index (χ1n) is 7.49. The van der Waals surface area contributed by atoms with E-state index in [-0.39, 0.29) is 13.2 Å². The Labute approximate surface area is 134 Å². The molecule has 1 aromatic carbocycles. The molecule has 0 heterocycles. The first-order chi connectivity index (χ1) is 10.1. The summed E-state index contributed by atoms with van der Waals surface area (Å²) in [7, 11) is 0. The summed E-state index contributed by atoms with van der Waals surface area (Å²) >= 11 is 3.45. The zero-order valence-corrected chi connectivity index (χ0v) is 14.0. The third-order valence-electron chi connectivity index (χ3n) is 3.82. The van der Waals surface area contributed by atoms with Crippen molar-refractivity contribution in [2.45, 2.75) is 51.2 Å². The Morgan fingerprint density at radius 1 is 1.19 bits per heavy atom. The molecular weight excluding hydrogens is 336 g/mol. The monoisotopic (exact) mass is 358 g/mol. The van der Waals surface area contributed by atoms with E-state index in [0.717, 1.165) is 35.7 Å². The SMILES string of the molecule is CCOc1cc(CO)cc(Br)c1OCC1(O)CCCCC1. The minimum Gasteiger partial charge on any atom is -0.490 e. The van der Waals surface area contributed by atoms with E-state index in [2.05, 4.69) is 15.9 Å². The van der Waals surface area contributed by atoms with Gasteiger partial charge < -0.3 is 19.7 Å². The van der Waals surface area contributed by atoms with Crippen LogP contribution in [0, 0.1) is 0 Å². The number of rotatable bonds is 6. The van der Waals surface area contributed by atoms with Gasteiger partial charge in [-0.1, -0.05) is 19.3 Å². The van der Waals surface area contributed by atoms with Gasteiger partial charge in [0.2, 0.25) is 0 Å². The summed E-state index contributed by atoms with van der Waals surface area (Å²) in [6, 6.07) is 3.58. The molecule has 0 aliphatic heterocycles. The van der Waals surface area contributed by atoms with E-state index in [1.807, 2.05) is 13.0 Å². The highest BCUT2D eigenvalue weighted by Crippen LogP contribution is 2.38. The maximum Gasteiger partial charge on any atom is 0.175 e. The summed E-state index contributed by atoms with van der Waals surface area (Å²) in [5, 5.41) is 19.8. The predicted molar refractivity (Wildman–Crippen MR) is 84.8 cm³/mol. The average molecular weight is 359 g/mol. The summed E-state index contributed by atoms with van der Waals surface area (Å²) < 4.78 is 12.2. The average Bonchev–Trinajstić information content (AvgIpc) is 2.47. The maximum atomic E-state index is 10.5. The van der Waals surface area contributed by atoms with Crippen LogP contribution < -0.4 is 9.47 Å². The molecule has 5 heteroatoms. The van der Waals surface area contributed by atoms with Crippen LogP contribution in [0.3, 0.4) is 0 Å². The van der Waals surface area contributed by atoms with E-state index >= 15 is 0 Å². The van der Waals surface area contributed by atoms with Crippen molar-refractivity contribution < 1.29 is 19.7 Å². The largest absolute Gasteiger partial charge is 0.490 e. The molecule has 1 aromatic rings. The highest BCUT2D eigenvalue weighted by Gasteiger charge is 2.30. The molecule has 0 saturated heterocycles. The fraction of sp³-hybridized carbons (Fsp3) is 0.625. The molecule has 1 aliphatic rings. The van der Waals surface area contributed by atoms with Crippen LogP contribution in [0.25, 0.3) is 0 Å². The van der Waals surface area contributed by atoms with Crippen molar-refractivity contribution in [1.82, 2.24) is 0 Å². The molecule has 118 valence electrons. The lowest BCUT2D eigenvalue weighted by molar-refractivity contribution is -0.0346. The number of aliphatic hydroxyl groups excluding tert-OH is 1. The van der Waals surface area contributed by atoms with Gasteiger partial charge in [0.15, 0.2) is 11.5 Å². The molecule has 1 fully saturated rings. The zero-order chi connectivity index (χ0) is 15.3. The Morgan fingerprint density at radius 3 is 2.52 bits per heavy atom. The highest BCUT2D eigenvalue weighted by molar-refractivity contribution is 9.10. The molecular formula is C16H23BrO4. The first-order valence-corrected chi connectivity index (χ1v) is 8.28. The summed E-state index contributed by atoms with van der Waals surface area (Å²) in [4.78, 5) is 0. The van der Waals surface area contributed by atoms with Gasteiger partial charge in [-0.2, -0.15) is 0 Å². The predicted octanol–water partition coefficient (Wildman–Crippen LogP) is 3.41. The lowest BCUT2D eigenvalue weighted by Crippen LogP contribution is -2.38. The fourth-order valence-electron chi connectivity index (χ4n) is 2.68. The van der Waals surface area contributed by atoms with Crippen molar-refractivity contribution in [3.05, 3.63) is 22.2 Å². The molecule has 21 heavy (non-hydrogen) atoms. The van der Waals surface area contributed by atoms with Crippen LogP contribution in [0.4, 0.5) is 0 Å². The summed E-state index contributed by atoms with van der Waals surface area (Å²) in [5.74, 6) is 1.18. The normalized spacial score (nSPS) is 17.5. The Hall–Kier alpha value is -0.780. The van der Waals surface area contributed by atoms with Crippen molar-refractivity contribution in [1.29, 1.82) is 0 Å². The number of benzene rings is 1. The minimum absolute atomic E-state index is 0.0527. The lowest BCUT2D eigenvalue weighted by Gasteiger charge is -2.32. The molecule has 1 saturated carbocycles. The number of hydrogen-bond acceptors (Lipinski definition) is 4. The lowest BCUT2D eigenvalue weighted by atomic mass is 9.85. The topological polar surface area (TPSA) is 58.9 Å². The van der Waals surface area contributed by atoms with Crippen molar-refractivity contribution >= 4 is 15.9 Å². The molecule has 0 spiro atoms. The van der Waals surface area contributed by atoms with Crippen LogP contribution >= 0.6 is 15.9 Å². The summed E-state index contributed by atoms with van der Waals surface area (Å²) in [6.07, 6.45) is 4.83. The van der Waals surface area contributed by atoms with E-state index in [1.165, 1.54) is 6.42 Å². The van der Waals surface area contributed by atoms with Crippen LogP contribution in [0.5, 0.6) is 11.5 Å². The molecule has 0 amide bonds. The summed E-state index contributed by atoms with van der Waals surface area (Å²) in [5.41, 5.74) is 0.0191. The number of hydrogen-bond donors (Lipinski definition) is 2. The molecule has 0 atom stereocenters. The van der Waals surface area contributed by atoms with Crippen molar-refractivity contribution in [3.63, 3.8) is 0 Å². The van der Waals surface area contributed by atoms with Crippen LogP contribution in [-0.4, -0.2) is 29.0 Å². The molecule has 4 nitrogen and oxygen atoms in total. The zero-order valence-electron chi connectivity index (χ0n) is 12.4. The molecule has 0 unspecified atom stereocenters. The van der Waals surface area contributed by atoms with Crippen molar-refractivity contribution in [3.8, 4) is 11.5 Å². The fourth-order valence-corrected chi connectivity index (χ4v) is 3.28. The highest BCUT2D eigenvalue weighted by atomic mass is 79.9. The van der Waals surface area contributed by atoms with Crippen LogP contribution in [-0.2, 0) is 6.61 Å². The number of ether oxygens (including phenoxy) is 2. The van der Waals surface area contributed by atoms with Gasteiger partial charge in [0.1, 0.15) is 6.61 Å². The number of aliphatic hydroxyl groups is 2. The maximum absolute atomic E-state index is 10.5. The van der Waals surface area contributed by atoms with Gasteiger partial charge in [-0.3, -0.25) is 0 Å². The Morgan fingerprint density at radius 2 is 1.90 bits per heavy atom. The molecule has 1 aliphatic carbocycles. The Bertz CT molecular complexity index is 470. The van der Waals surface area contributed by atoms with Crippen LogP contribution in [0.2, 0.25) is 0 Å². The third-order valence-corrected chi connectivity index (χ3v) is 4.41. The molecule has 0 aromatic heterocycles. The van der Waals surface area contributed by atoms with E-state index in [1.54, 1.807) is 6.07 Å². The Kier molecular flexibility index (Phi) is 5.90. The summed E-state index contributed by atoms with van der Waals surface area (Å²) in [6.45, 7) is 2.63. The molecule has 2 rings (SSSR count). The van der Waals surface area contributed by atoms with Gasteiger partial charge in [0.05, 0.1) is 23.3 Å². The second kappa shape index (κ2) is 7.47. The van der Waals surface area contributed by atoms with Crippen LogP contribution in [0.15, 0.2) is 16.6 Å². The van der Waals surface area contributed by atoms with Gasteiger partial charge in [0, 0.05) is 0 Å². The molecule has 0 bridgehead atoms. The van der Waals surface area contributed by atoms with Gasteiger partial charge in [0.25, 0.3) is 0 Å². The van der Waals surface area contributed by atoms with E-state index in [4.69, 9.17) is 9.47 Å². The molecule has 2 N–H and O–H groups in total. The van der Waals surface area contributed by atoms with Crippen molar-refractivity contribution in [2.24, 2.45) is 0 Å². The smallest absolute Gasteiger partial charge is 0.175 e. The quantitative estimate of drug-likeness (QED) is 0.817. The van der Waals surface area contributed by atoms with Gasteiger partial charge in [-0.05, 0) is 53.4 Å². The van der Waals surface area contributed by atoms with Crippen LogP contribution in [0.1, 0.15) is 44.6 Å².